The van der Waals surface area contributed by atoms with E-state index in [1.54, 1.807) is 45.4 Å². The molecule has 0 saturated carbocycles. The summed E-state index contributed by atoms with van der Waals surface area (Å²) in [5.74, 6) is 1.50. The van der Waals surface area contributed by atoms with Crippen molar-refractivity contribution in [1.82, 2.24) is 20.4 Å². The Hall–Kier alpha value is -4.40. The Balaban J connectivity index is 1.38. The Morgan fingerprint density at radius 1 is 0.912 bits per heavy atom. The number of carbonyl (C=O) groups is 2. The molecule has 1 N–H and O–H groups in total. The predicted octanol–water partition coefficient (Wildman–Crippen LogP) is 3.87. The molecule has 9 nitrogen and oxygen atoms in total. The summed E-state index contributed by atoms with van der Waals surface area (Å²) in [6.45, 7) is 1.56. The standard InChI is InChI=1S/C25H22N4O5/c1-25(18-8-4-17-13-20(33-3)11-7-16(17)12-18)23(30)29(24(31)26-25)14-21-27-28-22(34-21)15-5-9-19(32-2)10-6-15/h4-13H,14H2,1-3H3,(H,26,31)/t25-/m1/s1. The van der Waals surface area contributed by atoms with Crippen molar-refractivity contribution in [2.24, 2.45) is 0 Å². The van der Waals surface area contributed by atoms with Crippen molar-refractivity contribution in [3.8, 4) is 23.0 Å². The molecule has 5 rings (SSSR count). The van der Waals surface area contributed by atoms with Crippen LogP contribution in [0.2, 0.25) is 0 Å². The molecular formula is C25H22N4O5. The lowest BCUT2D eigenvalue weighted by atomic mass is 9.90. The van der Waals surface area contributed by atoms with Crippen LogP contribution in [0.15, 0.2) is 65.1 Å². The van der Waals surface area contributed by atoms with E-state index in [0.717, 1.165) is 21.4 Å². The summed E-state index contributed by atoms with van der Waals surface area (Å²) >= 11 is 0. The first-order chi connectivity index (χ1) is 16.4. The summed E-state index contributed by atoms with van der Waals surface area (Å²) in [6.07, 6.45) is 0. The highest BCUT2D eigenvalue weighted by molar-refractivity contribution is 6.07. The fourth-order valence-corrected chi connectivity index (χ4v) is 4.00. The van der Waals surface area contributed by atoms with Gasteiger partial charge in [-0.25, -0.2) is 4.79 Å². The molecule has 3 aromatic carbocycles. The van der Waals surface area contributed by atoms with Crippen molar-refractivity contribution >= 4 is 22.7 Å². The van der Waals surface area contributed by atoms with E-state index in [9.17, 15) is 9.59 Å². The zero-order chi connectivity index (χ0) is 23.9. The third-order valence-corrected chi connectivity index (χ3v) is 6.00. The Bertz CT molecular complexity index is 1400. The molecule has 0 unspecified atom stereocenters. The highest BCUT2D eigenvalue weighted by Gasteiger charge is 2.49. The molecule has 1 aliphatic heterocycles. The molecule has 1 aliphatic rings. The number of carbonyl (C=O) groups excluding carboxylic acids is 2. The van der Waals surface area contributed by atoms with Gasteiger partial charge in [-0.2, -0.15) is 0 Å². The van der Waals surface area contributed by atoms with Gasteiger partial charge in [0.2, 0.25) is 11.8 Å². The van der Waals surface area contributed by atoms with E-state index in [0.29, 0.717) is 16.9 Å². The number of nitrogens with zero attached hydrogens (tertiary/aromatic N) is 3. The van der Waals surface area contributed by atoms with Gasteiger partial charge in [-0.1, -0.05) is 18.2 Å². The lowest BCUT2D eigenvalue weighted by molar-refractivity contribution is -0.131. The second kappa shape index (κ2) is 8.18. The molecular weight excluding hydrogens is 436 g/mol. The van der Waals surface area contributed by atoms with Crippen molar-refractivity contribution in [2.75, 3.05) is 14.2 Å². The van der Waals surface area contributed by atoms with Gasteiger partial charge in [0.05, 0.1) is 14.2 Å². The zero-order valence-electron chi connectivity index (χ0n) is 18.9. The number of fused-ring (bicyclic) bond motifs is 1. The molecule has 3 amide bonds. The summed E-state index contributed by atoms with van der Waals surface area (Å²) in [6, 6.07) is 17.9. The smallest absolute Gasteiger partial charge is 0.325 e. The Kier molecular flexibility index (Phi) is 5.16. The molecule has 1 aromatic heterocycles. The van der Waals surface area contributed by atoms with Crippen LogP contribution in [-0.4, -0.2) is 41.3 Å². The number of imide groups is 1. The summed E-state index contributed by atoms with van der Waals surface area (Å²) < 4.78 is 16.1. The van der Waals surface area contributed by atoms with Gasteiger partial charge < -0.3 is 19.2 Å². The van der Waals surface area contributed by atoms with E-state index in [1.807, 2.05) is 36.4 Å². The lowest BCUT2D eigenvalue weighted by Crippen LogP contribution is -2.40. The van der Waals surface area contributed by atoms with E-state index in [1.165, 1.54) is 0 Å². The molecule has 0 bridgehead atoms. The van der Waals surface area contributed by atoms with Gasteiger partial charge in [0, 0.05) is 5.56 Å². The molecule has 9 heteroatoms. The molecule has 0 radical (unpaired) electrons. The second-order valence-electron chi connectivity index (χ2n) is 8.10. The molecule has 2 heterocycles. The second-order valence-corrected chi connectivity index (χ2v) is 8.10. The van der Waals surface area contributed by atoms with Gasteiger partial charge >= 0.3 is 6.03 Å². The number of rotatable bonds is 6. The van der Waals surface area contributed by atoms with Crippen molar-refractivity contribution in [3.63, 3.8) is 0 Å². The molecule has 0 aliphatic carbocycles. The molecule has 1 saturated heterocycles. The topological polar surface area (TPSA) is 107 Å². The van der Waals surface area contributed by atoms with Crippen molar-refractivity contribution < 1.29 is 23.5 Å². The average molecular weight is 458 g/mol. The van der Waals surface area contributed by atoms with Crippen LogP contribution in [0, 0.1) is 0 Å². The first-order valence-corrected chi connectivity index (χ1v) is 10.6. The maximum Gasteiger partial charge on any atom is 0.325 e. The zero-order valence-corrected chi connectivity index (χ0v) is 18.9. The van der Waals surface area contributed by atoms with Crippen LogP contribution < -0.4 is 14.8 Å². The SMILES string of the molecule is COc1ccc(-c2nnc(CN3C(=O)N[C@](C)(c4ccc5cc(OC)ccc5c4)C3=O)o2)cc1. The third kappa shape index (κ3) is 3.61. The normalized spacial score (nSPS) is 17.8. The average Bonchev–Trinajstić information content (AvgIpc) is 3.42. The van der Waals surface area contributed by atoms with Gasteiger partial charge in [-0.05, 0) is 65.7 Å². The largest absolute Gasteiger partial charge is 0.497 e. The quantitative estimate of drug-likeness (QED) is 0.437. The van der Waals surface area contributed by atoms with E-state index in [4.69, 9.17) is 13.9 Å². The van der Waals surface area contributed by atoms with E-state index in [2.05, 4.69) is 15.5 Å². The number of hydrogen-bond donors (Lipinski definition) is 1. The third-order valence-electron chi connectivity index (χ3n) is 6.00. The first kappa shape index (κ1) is 21.4. The van der Waals surface area contributed by atoms with Crippen LogP contribution in [0.1, 0.15) is 18.4 Å². The van der Waals surface area contributed by atoms with Gasteiger partial charge in [0.25, 0.3) is 5.91 Å². The van der Waals surface area contributed by atoms with Crippen LogP contribution in [0.4, 0.5) is 4.79 Å². The van der Waals surface area contributed by atoms with Gasteiger partial charge in [-0.3, -0.25) is 9.69 Å². The van der Waals surface area contributed by atoms with Crippen molar-refractivity contribution in [3.05, 3.63) is 72.1 Å². The lowest BCUT2D eigenvalue weighted by Gasteiger charge is -2.22. The van der Waals surface area contributed by atoms with Crippen LogP contribution in [0.5, 0.6) is 11.5 Å². The monoisotopic (exact) mass is 458 g/mol. The maximum absolute atomic E-state index is 13.3. The highest BCUT2D eigenvalue weighted by atomic mass is 16.5. The number of methoxy groups -OCH3 is 2. The number of benzene rings is 3. The highest BCUT2D eigenvalue weighted by Crippen LogP contribution is 2.33. The van der Waals surface area contributed by atoms with E-state index >= 15 is 0 Å². The number of nitrogens with one attached hydrogen (secondary N) is 1. The molecule has 1 atom stereocenters. The number of aromatic nitrogens is 2. The Morgan fingerprint density at radius 2 is 1.59 bits per heavy atom. The number of amides is 3. The summed E-state index contributed by atoms with van der Waals surface area (Å²) in [5, 5.41) is 12.8. The molecule has 34 heavy (non-hydrogen) atoms. The molecule has 172 valence electrons. The fourth-order valence-electron chi connectivity index (χ4n) is 4.00. The first-order valence-electron chi connectivity index (χ1n) is 10.6. The van der Waals surface area contributed by atoms with Gasteiger partial charge in [0.15, 0.2) is 0 Å². The van der Waals surface area contributed by atoms with Crippen molar-refractivity contribution in [1.29, 1.82) is 0 Å². The number of ether oxygens (including phenoxy) is 2. The summed E-state index contributed by atoms with van der Waals surface area (Å²) in [4.78, 5) is 27.2. The molecule has 1 fully saturated rings. The van der Waals surface area contributed by atoms with Gasteiger partial charge in [0.1, 0.15) is 23.6 Å². The molecule has 0 spiro atoms. The fraction of sp³-hybridized carbons (Fsp3) is 0.200. The predicted molar refractivity (Wildman–Crippen MR) is 123 cm³/mol. The Morgan fingerprint density at radius 3 is 2.32 bits per heavy atom. The number of hydrogen-bond acceptors (Lipinski definition) is 7. The van der Waals surface area contributed by atoms with E-state index < -0.39 is 17.5 Å². The minimum absolute atomic E-state index is 0.131. The maximum atomic E-state index is 13.3. The summed E-state index contributed by atoms with van der Waals surface area (Å²) in [7, 11) is 3.20. The number of urea groups is 1. The van der Waals surface area contributed by atoms with Crippen molar-refractivity contribution in [2.45, 2.75) is 19.0 Å². The molecule has 4 aromatic rings. The summed E-state index contributed by atoms with van der Waals surface area (Å²) in [5.41, 5.74) is 0.161. The van der Waals surface area contributed by atoms with Crippen LogP contribution in [0.3, 0.4) is 0 Å². The van der Waals surface area contributed by atoms with Crippen LogP contribution in [0.25, 0.3) is 22.2 Å². The van der Waals surface area contributed by atoms with Crippen LogP contribution in [-0.2, 0) is 16.9 Å². The van der Waals surface area contributed by atoms with Crippen LogP contribution >= 0.6 is 0 Å². The minimum Gasteiger partial charge on any atom is -0.497 e. The Labute approximate surface area is 195 Å². The van der Waals surface area contributed by atoms with E-state index in [-0.39, 0.29) is 18.3 Å². The van der Waals surface area contributed by atoms with Gasteiger partial charge in [-0.15, -0.1) is 10.2 Å². The minimum atomic E-state index is -1.22.